The molecule has 0 aromatic heterocycles. The summed E-state index contributed by atoms with van der Waals surface area (Å²) >= 11 is 0. The summed E-state index contributed by atoms with van der Waals surface area (Å²) in [5.74, 6) is 0.550. The van der Waals surface area contributed by atoms with Gasteiger partial charge in [0.1, 0.15) is 5.75 Å². The number of hydrogen-bond donors (Lipinski definition) is 2. The number of methoxy groups -OCH3 is 1. The molecule has 0 aliphatic heterocycles. The molecule has 4 nitrogen and oxygen atoms in total. The number of amides is 1. The van der Waals surface area contributed by atoms with E-state index < -0.39 is 0 Å². The minimum atomic E-state index is -0.111. The maximum absolute atomic E-state index is 11.4. The summed E-state index contributed by atoms with van der Waals surface area (Å²) in [4.78, 5) is 11.4. The maximum atomic E-state index is 11.4. The average Bonchev–Trinajstić information content (AvgIpc) is 2.56. The lowest BCUT2D eigenvalue weighted by Gasteiger charge is -2.23. The fourth-order valence-corrected chi connectivity index (χ4v) is 3.09. The Bertz CT molecular complexity index is 756. The van der Waals surface area contributed by atoms with Crippen LogP contribution < -0.4 is 15.4 Å². The molecule has 25 heavy (non-hydrogen) atoms. The van der Waals surface area contributed by atoms with Crippen LogP contribution in [0.25, 0.3) is 0 Å². The molecule has 2 rings (SSSR count). The van der Waals surface area contributed by atoms with E-state index in [0.29, 0.717) is 11.4 Å². The van der Waals surface area contributed by atoms with Crippen molar-refractivity contribution in [3.8, 4) is 5.75 Å². The zero-order valence-corrected chi connectivity index (χ0v) is 15.9. The minimum Gasteiger partial charge on any atom is -0.495 e. The van der Waals surface area contributed by atoms with Crippen LogP contribution in [0.4, 0.5) is 5.69 Å². The van der Waals surface area contributed by atoms with Crippen LogP contribution in [0, 0.1) is 13.8 Å². The SMILES string of the molecule is COc1ccc([C@@H](C)N[C@H](C)c2cccc(C)c2C)cc1NC(C)=O. The number of anilines is 1. The second-order valence-corrected chi connectivity index (χ2v) is 6.54. The van der Waals surface area contributed by atoms with E-state index in [1.165, 1.54) is 23.6 Å². The van der Waals surface area contributed by atoms with Gasteiger partial charge in [-0.15, -0.1) is 0 Å². The Kier molecular flexibility index (Phi) is 6.21. The number of carbonyl (C=O) groups excluding carboxylic acids is 1. The van der Waals surface area contributed by atoms with Gasteiger partial charge in [-0.25, -0.2) is 0 Å². The fourth-order valence-electron chi connectivity index (χ4n) is 3.09. The van der Waals surface area contributed by atoms with Crippen molar-refractivity contribution in [2.75, 3.05) is 12.4 Å². The number of nitrogens with one attached hydrogen (secondary N) is 2. The first-order valence-electron chi connectivity index (χ1n) is 8.61. The molecule has 1 amide bonds. The first-order chi connectivity index (χ1) is 11.8. The Morgan fingerprint density at radius 1 is 1.08 bits per heavy atom. The van der Waals surface area contributed by atoms with E-state index in [9.17, 15) is 4.79 Å². The van der Waals surface area contributed by atoms with E-state index in [0.717, 1.165) is 5.56 Å². The van der Waals surface area contributed by atoms with E-state index in [1.54, 1.807) is 7.11 Å². The smallest absolute Gasteiger partial charge is 0.221 e. The van der Waals surface area contributed by atoms with Gasteiger partial charge in [0.15, 0.2) is 0 Å². The molecule has 0 fully saturated rings. The van der Waals surface area contributed by atoms with Crippen molar-refractivity contribution in [2.45, 2.75) is 46.7 Å². The van der Waals surface area contributed by atoms with Gasteiger partial charge in [-0.2, -0.15) is 0 Å². The molecule has 0 radical (unpaired) electrons. The number of rotatable bonds is 6. The fraction of sp³-hybridized carbons (Fsp3) is 0.381. The highest BCUT2D eigenvalue weighted by atomic mass is 16.5. The molecule has 0 saturated carbocycles. The maximum Gasteiger partial charge on any atom is 0.221 e. The van der Waals surface area contributed by atoms with Gasteiger partial charge in [0.25, 0.3) is 0 Å². The molecule has 0 unspecified atom stereocenters. The van der Waals surface area contributed by atoms with Crippen molar-refractivity contribution in [3.05, 3.63) is 58.7 Å². The second kappa shape index (κ2) is 8.17. The third-order valence-corrected chi connectivity index (χ3v) is 4.65. The van der Waals surface area contributed by atoms with E-state index in [1.807, 2.05) is 18.2 Å². The third kappa shape index (κ3) is 4.60. The van der Waals surface area contributed by atoms with Gasteiger partial charge in [0, 0.05) is 19.0 Å². The summed E-state index contributed by atoms with van der Waals surface area (Å²) in [6.07, 6.45) is 0. The van der Waals surface area contributed by atoms with Gasteiger partial charge in [0.2, 0.25) is 5.91 Å². The Balaban J connectivity index is 2.21. The van der Waals surface area contributed by atoms with Crippen LogP contribution in [0.2, 0.25) is 0 Å². The zero-order chi connectivity index (χ0) is 18.6. The van der Waals surface area contributed by atoms with Crippen LogP contribution in [-0.2, 0) is 4.79 Å². The normalized spacial score (nSPS) is 13.2. The summed E-state index contributed by atoms with van der Waals surface area (Å²) in [5.41, 5.74) is 5.73. The minimum absolute atomic E-state index is 0.111. The van der Waals surface area contributed by atoms with Crippen LogP contribution >= 0.6 is 0 Å². The number of carbonyl (C=O) groups is 1. The molecule has 0 spiro atoms. The Morgan fingerprint density at radius 3 is 2.44 bits per heavy atom. The highest BCUT2D eigenvalue weighted by molar-refractivity contribution is 5.90. The lowest BCUT2D eigenvalue weighted by atomic mass is 9.97. The number of ether oxygens (including phenoxy) is 1. The number of hydrogen-bond acceptors (Lipinski definition) is 3. The first kappa shape index (κ1) is 19.0. The van der Waals surface area contributed by atoms with E-state index in [-0.39, 0.29) is 18.0 Å². The van der Waals surface area contributed by atoms with Crippen LogP contribution in [-0.4, -0.2) is 13.0 Å². The quantitative estimate of drug-likeness (QED) is 0.802. The first-order valence-corrected chi connectivity index (χ1v) is 8.61. The van der Waals surface area contributed by atoms with Crippen LogP contribution in [0.3, 0.4) is 0 Å². The second-order valence-electron chi connectivity index (χ2n) is 6.54. The molecule has 0 aliphatic rings. The molecule has 2 atom stereocenters. The van der Waals surface area contributed by atoms with Crippen molar-refractivity contribution in [3.63, 3.8) is 0 Å². The molecule has 0 heterocycles. The highest BCUT2D eigenvalue weighted by Crippen LogP contribution is 2.29. The Morgan fingerprint density at radius 2 is 1.80 bits per heavy atom. The van der Waals surface area contributed by atoms with E-state index >= 15 is 0 Å². The van der Waals surface area contributed by atoms with Gasteiger partial charge in [-0.05, 0) is 62.1 Å². The lowest BCUT2D eigenvalue weighted by Crippen LogP contribution is -2.23. The molecule has 4 heteroatoms. The largest absolute Gasteiger partial charge is 0.495 e. The van der Waals surface area contributed by atoms with E-state index in [4.69, 9.17) is 4.74 Å². The molecular formula is C21H28N2O2. The van der Waals surface area contributed by atoms with Gasteiger partial charge >= 0.3 is 0 Å². The summed E-state index contributed by atoms with van der Waals surface area (Å²) in [6, 6.07) is 12.6. The van der Waals surface area contributed by atoms with Crippen molar-refractivity contribution >= 4 is 11.6 Å². The van der Waals surface area contributed by atoms with Gasteiger partial charge in [-0.1, -0.05) is 24.3 Å². The molecule has 0 bridgehead atoms. The number of aryl methyl sites for hydroxylation is 1. The predicted octanol–water partition coefficient (Wildman–Crippen LogP) is 4.68. The number of benzene rings is 2. The summed E-state index contributed by atoms with van der Waals surface area (Å²) in [5, 5.41) is 6.47. The topological polar surface area (TPSA) is 50.4 Å². The van der Waals surface area contributed by atoms with Crippen molar-refractivity contribution in [1.82, 2.24) is 5.32 Å². The monoisotopic (exact) mass is 340 g/mol. The molecular weight excluding hydrogens is 312 g/mol. The highest BCUT2D eigenvalue weighted by Gasteiger charge is 2.15. The summed E-state index contributed by atoms with van der Waals surface area (Å²) in [6.45, 7) is 10.1. The molecule has 134 valence electrons. The van der Waals surface area contributed by atoms with Crippen molar-refractivity contribution < 1.29 is 9.53 Å². The van der Waals surface area contributed by atoms with Crippen molar-refractivity contribution in [2.24, 2.45) is 0 Å². The van der Waals surface area contributed by atoms with Gasteiger partial charge in [-0.3, -0.25) is 4.79 Å². The van der Waals surface area contributed by atoms with Crippen LogP contribution in [0.15, 0.2) is 36.4 Å². The molecule has 2 aromatic rings. The van der Waals surface area contributed by atoms with Crippen molar-refractivity contribution in [1.29, 1.82) is 0 Å². The van der Waals surface area contributed by atoms with Gasteiger partial charge < -0.3 is 15.4 Å². The standard InChI is InChI=1S/C21H28N2O2/c1-13-8-7-9-19(14(13)2)16(4)22-15(3)18-10-11-21(25-6)20(12-18)23-17(5)24/h7-12,15-16,22H,1-6H3,(H,23,24)/t15-,16-/m1/s1. The van der Waals surface area contributed by atoms with Gasteiger partial charge in [0.05, 0.1) is 12.8 Å². The average molecular weight is 340 g/mol. The molecule has 0 saturated heterocycles. The summed E-state index contributed by atoms with van der Waals surface area (Å²) in [7, 11) is 1.60. The third-order valence-electron chi connectivity index (χ3n) is 4.65. The Labute approximate surface area is 150 Å². The van der Waals surface area contributed by atoms with Crippen LogP contribution in [0.5, 0.6) is 5.75 Å². The molecule has 2 aromatic carbocycles. The Hall–Kier alpha value is -2.33. The molecule has 0 aliphatic carbocycles. The summed E-state index contributed by atoms with van der Waals surface area (Å²) < 4.78 is 5.33. The predicted molar refractivity (Wildman–Crippen MR) is 103 cm³/mol. The zero-order valence-electron chi connectivity index (χ0n) is 15.9. The van der Waals surface area contributed by atoms with E-state index in [2.05, 4.69) is 56.5 Å². The molecule has 2 N–H and O–H groups in total. The van der Waals surface area contributed by atoms with Crippen LogP contribution in [0.1, 0.15) is 55.1 Å². The lowest BCUT2D eigenvalue weighted by molar-refractivity contribution is -0.114.